The summed E-state index contributed by atoms with van der Waals surface area (Å²) in [5.41, 5.74) is 6.45. The van der Waals surface area contributed by atoms with Gasteiger partial charge in [0, 0.05) is 0 Å². The summed E-state index contributed by atoms with van der Waals surface area (Å²) in [5, 5.41) is 0. The Bertz CT molecular complexity index is 762. The van der Waals surface area contributed by atoms with E-state index in [1.165, 1.54) is 16.0 Å². The van der Waals surface area contributed by atoms with Gasteiger partial charge >= 0.3 is 0 Å². The van der Waals surface area contributed by atoms with Gasteiger partial charge in [-0.2, -0.15) is 0 Å². The van der Waals surface area contributed by atoms with E-state index in [2.05, 4.69) is 57.3 Å². The van der Waals surface area contributed by atoms with Crippen LogP contribution in [0.2, 0.25) is 0 Å². The summed E-state index contributed by atoms with van der Waals surface area (Å²) in [6.45, 7) is 5.72. The van der Waals surface area contributed by atoms with Crippen molar-refractivity contribution in [3.05, 3.63) is 81.9 Å². The van der Waals surface area contributed by atoms with Gasteiger partial charge in [-0.1, -0.05) is 48.5 Å². The monoisotopic (exact) mass is 318 g/mol. The molecule has 2 aromatic rings. The molecule has 0 spiro atoms. The molecule has 0 aromatic heterocycles. The fourth-order valence-electron chi connectivity index (χ4n) is 3.19. The Balaban J connectivity index is 1.98. The zero-order valence-electron chi connectivity index (χ0n) is 14.6. The second-order valence-electron chi connectivity index (χ2n) is 6.69. The molecule has 122 valence electrons. The average molecular weight is 318 g/mol. The highest BCUT2D eigenvalue weighted by Crippen LogP contribution is 2.19. The molecule has 0 atom stereocenters. The molecule has 0 unspecified atom stereocenters. The quantitative estimate of drug-likeness (QED) is 0.845. The molecule has 0 aliphatic carbocycles. The van der Waals surface area contributed by atoms with Crippen LogP contribution >= 0.6 is 0 Å². The number of benzene rings is 2. The number of likely N-dealkylation sites (N-methyl/N-ethyl adjacent to an activating group) is 1. The fourth-order valence-corrected chi connectivity index (χ4v) is 3.19. The Morgan fingerprint density at radius 3 is 1.62 bits per heavy atom. The zero-order chi connectivity index (χ0) is 17.1. The van der Waals surface area contributed by atoms with Crippen LogP contribution in [0.3, 0.4) is 0 Å². The number of likely N-dealkylation sites (tertiary alicyclic amines) is 1. The lowest BCUT2D eigenvalue weighted by atomic mass is 9.93. The van der Waals surface area contributed by atoms with Crippen LogP contribution < -0.4 is 4.90 Å². The summed E-state index contributed by atoms with van der Waals surface area (Å²) in [5.74, 6) is 0.187. The summed E-state index contributed by atoms with van der Waals surface area (Å²) in [6, 6.07) is 16.4. The predicted octanol–water partition coefficient (Wildman–Crippen LogP) is 2.87. The number of aryl methyl sites for hydroxylation is 2. The number of Topliss-reactive ketones (excluding diaryl/α,β-unsaturated/α-hetero) is 1. The van der Waals surface area contributed by atoms with Crippen molar-refractivity contribution in [1.82, 2.24) is 0 Å². The van der Waals surface area contributed by atoms with E-state index in [1.54, 1.807) is 0 Å². The van der Waals surface area contributed by atoms with Crippen molar-refractivity contribution < 1.29 is 9.69 Å². The molecule has 1 aliphatic heterocycles. The lowest BCUT2D eigenvalue weighted by Gasteiger charge is -2.23. The van der Waals surface area contributed by atoms with Crippen LogP contribution in [0.25, 0.3) is 12.2 Å². The van der Waals surface area contributed by atoms with Gasteiger partial charge in [0.15, 0.2) is 5.78 Å². The molecule has 1 N–H and O–H groups in total. The number of quaternary nitrogens is 1. The highest BCUT2D eigenvalue weighted by Gasteiger charge is 2.27. The Hall–Kier alpha value is -2.45. The maximum atomic E-state index is 13.0. The smallest absolute Gasteiger partial charge is 0.196 e. The molecule has 1 aliphatic rings. The minimum Gasteiger partial charge on any atom is -0.330 e. The van der Waals surface area contributed by atoms with Crippen molar-refractivity contribution in [2.75, 3.05) is 20.1 Å². The molecule has 0 bridgehead atoms. The van der Waals surface area contributed by atoms with Crippen molar-refractivity contribution in [2.24, 2.45) is 0 Å². The van der Waals surface area contributed by atoms with Crippen LogP contribution in [0.15, 0.2) is 59.7 Å². The number of carbonyl (C=O) groups excluding carboxylic acids is 1. The number of piperidine rings is 1. The van der Waals surface area contributed by atoms with E-state index in [1.807, 2.05) is 24.3 Å². The molecule has 0 saturated carbocycles. The van der Waals surface area contributed by atoms with Crippen LogP contribution in [0.1, 0.15) is 22.3 Å². The Morgan fingerprint density at radius 2 is 1.21 bits per heavy atom. The third kappa shape index (κ3) is 3.55. The summed E-state index contributed by atoms with van der Waals surface area (Å²) < 4.78 is 0. The van der Waals surface area contributed by atoms with Gasteiger partial charge in [0.05, 0.1) is 18.2 Å². The van der Waals surface area contributed by atoms with Crippen LogP contribution in [0.5, 0.6) is 0 Å². The fraction of sp³-hybridized carbons (Fsp3) is 0.227. The van der Waals surface area contributed by atoms with Gasteiger partial charge in [0.1, 0.15) is 13.1 Å². The number of hydrogen-bond donors (Lipinski definition) is 1. The van der Waals surface area contributed by atoms with E-state index < -0.39 is 0 Å². The largest absolute Gasteiger partial charge is 0.330 e. The van der Waals surface area contributed by atoms with E-state index in [-0.39, 0.29) is 5.78 Å². The molecule has 2 aromatic carbocycles. The maximum absolute atomic E-state index is 13.0. The number of ketones is 1. The van der Waals surface area contributed by atoms with Crippen molar-refractivity contribution in [3.63, 3.8) is 0 Å². The van der Waals surface area contributed by atoms with Crippen LogP contribution in [0, 0.1) is 13.8 Å². The first-order valence-corrected chi connectivity index (χ1v) is 8.43. The van der Waals surface area contributed by atoms with Crippen LogP contribution in [-0.4, -0.2) is 25.9 Å². The first-order valence-electron chi connectivity index (χ1n) is 8.43. The predicted molar refractivity (Wildman–Crippen MR) is 99.9 cm³/mol. The van der Waals surface area contributed by atoms with Gasteiger partial charge in [-0.05, 0) is 48.3 Å². The second-order valence-corrected chi connectivity index (χ2v) is 6.69. The van der Waals surface area contributed by atoms with E-state index in [0.717, 1.165) is 35.4 Å². The summed E-state index contributed by atoms with van der Waals surface area (Å²) in [7, 11) is 2.14. The number of nitrogens with one attached hydrogen (secondary N) is 1. The van der Waals surface area contributed by atoms with Gasteiger partial charge in [-0.3, -0.25) is 4.79 Å². The van der Waals surface area contributed by atoms with Gasteiger partial charge in [0.25, 0.3) is 0 Å². The van der Waals surface area contributed by atoms with Gasteiger partial charge in [-0.15, -0.1) is 0 Å². The van der Waals surface area contributed by atoms with Crippen molar-refractivity contribution >= 4 is 17.9 Å². The molecule has 1 heterocycles. The number of carbonyl (C=O) groups is 1. The van der Waals surface area contributed by atoms with Crippen LogP contribution in [-0.2, 0) is 4.79 Å². The summed E-state index contributed by atoms with van der Waals surface area (Å²) in [6.07, 6.45) is 4.12. The third-order valence-electron chi connectivity index (χ3n) is 4.60. The topological polar surface area (TPSA) is 21.5 Å². The lowest BCUT2D eigenvalue weighted by Crippen LogP contribution is -3.10. The molecular weight excluding hydrogens is 294 g/mol. The molecule has 1 fully saturated rings. The average Bonchev–Trinajstić information content (AvgIpc) is 2.56. The molecule has 3 rings (SSSR count). The van der Waals surface area contributed by atoms with E-state index in [9.17, 15) is 4.79 Å². The summed E-state index contributed by atoms with van der Waals surface area (Å²) >= 11 is 0. The Kier molecular flexibility index (Phi) is 4.77. The molecular formula is C22H24NO+. The van der Waals surface area contributed by atoms with Gasteiger partial charge < -0.3 is 4.90 Å². The highest BCUT2D eigenvalue weighted by molar-refractivity contribution is 6.14. The normalized spacial score (nSPS) is 21.5. The number of hydrogen-bond acceptors (Lipinski definition) is 1. The van der Waals surface area contributed by atoms with E-state index >= 15 is 0 Å². The van der Waals surface area contributed by atoms with Gasteiger partial charge in [-0.25, -0.2) is 0 Å². The molecule has 2 heteroatoms. The van der Waals surface area contributed by atoms with E-state index in [4.69, 9.17) is 0 Å². The highest BCUT2D eigenvalue weighted by atomic mass is 16.1. The maximum Gasteiger partial charge on any atom is 0.196 e. The number of rotatable bonds is 2. The zero-order valence-corrected chi connectivity index (χ0v) is 14.6. The Labute approximate surface area is 144 Å². The molecule has 0 radical (unpaired) electrons. The Morgan fingerprint density at radius 1 is 0.792 bits per heavy atom. The second kappa shape index (κ2) is 6.98. The standard InChI is InChI=1S/C22H23NO/c1-16-8-4-6-10-18(16)12-20-14-23(3)15-21(22(20)24)13-19-11-7-5-9-17(19)2/h4-13H,14-15H2,1-3H3/p+1/b20-12-,21-13-. The minimum absolute atomic E-state index is 0.187. The molecule has 24 heavy (non-hydrogen) atoms. The third-order valence-corrected chi connectivity index (χ3v) is 4.60. The summed E-state index contributed by atoms with van der Waals surface area (Å²) in [4.78, 5) is 14.3. The molecule has 2 nitrogen and oxygen atoms in total. The van der Waals surface area contributed by atoms with Crippen molar-refractivity contribution in [1.29, 1.82) is 0 Å². The van der Waals surface area contributed by atoms with Gasteiger partial charge in [0.2, 0.25) is 0 Å². The van der Waals surface area contributed by atoms with Crippen LogP contribution in [0.4, 0.5) is 0 Å². The van der Waals surface area contributed by atoms with E-state index in [0.29, 0.717) is 0 Å². The minimum atomic E-state index is 0.187. The van der Waals surface area contributed by atoms with Crippen molar-refractivity contribution in [2.45, 2.75) is 13.8 Å². The first kappa shape index (κ1) is 16.4. The molecule has 1 saturated heterocycles. The van der Waals surface area contributed by atoms with Crippen molar-refractivity contribution in [3.8, 4) is 0 Å². The first-order chi connectivity index (χ1) is 11.5. The lowest BCUT2D eigenvalue weighted by molar-refractivity contribution is -0.870. The molecule has 0 amide bonds. The SMILES string of the molecule is Cc1ccccc1/C=C1/C[NH+](C)C/C(=C/c2ccccc2C)C1=O.